The highest BCUT2D eigenvalue weighted by Gasteiger charge is 2.25. The maximum absolute atomic E-state index is 12.4. The number of hydrogen-bond acceptors (Lipinski definition) is 4. The van der Waals surface area contributed by atoms with Crippen molar-refractivity contribution in [3.05, 3.63) is 65.2 Å². The number of carbonyl (C=O) groups excluding carboxylic acids is 2. The summed E-state index contributed by atoms with van der Waals surface area (Å²) < 4.78 is 5.22. The molecular weight excluding hydrogens is 318 g/mol. The third-order valence-electron chi connectivity index (χ3n) is 4.42. The van der Waals surface area contributed by atoms with E-state index in [0.717, 1.165) is 24.8 Å². The lowest BCUT2D eigenvalue weighted by Crippen LogP contribution is -2.39. The highest BCUT2D eigenvalue weighted by molar-refractivity contribution is 5.92. The maximum atomic E-state index is 12.4. The van der Waals surface area contributed by atoms with Crippen LogP contribution in [0, 0.1) is 0 Å². The second-order valence-electron chi connectivity index (χ2n) is 6.25. The predicted octanol–water partition coefficient (Wildman–Crippen LogP) is 3.13. The van der Waals surface area contributed by atoms with E-state index in [1.165, 1.54) is 23.8 Å². The van der Waals surface area contributed by atoms with Crippen LogP contribution in [0.5, 0.6) is 5.75 Å². The monoisotopic (exact) mass is 339 g/mol. The van der Waals surface area contributed by atoms with Crippen molar-refractivity contribution in [2.45, 2.75) is 38.3 Å². The minimum Gasteiger partial charge on any atom is -0.508 e. The molecule has 0 radical (unpaired) electrons. The van der Waals surface area contributed by atoms with Crippen molar-refractivity contribution in [1.82, 2.24) is 5.32 Å². The lowest BCUT2D eigenvalue weighted by molar-refractivity contribution is -0.130. The van der Waals surface area contributed by atoms with E-state index < -0.39 is 12.1 Å². The number of benzene rings is 2. The summed E-state index contributed by atoms with van der Waals surface area (Å²) in [6.07, 6.45) is 1.99. The Morgan fingerprint density at radius 2 is 2.00 bits per heavy atom. The zero-order valence-corrected chi connectivity index (χ0v) is 14.1. The van der Waals surface area contributed by atoms with Crippen LogP contribution in [0.15, 0.2) is 48.5 Å². The van der Waals surface area contributed by atoms with Crippen molar-refractivity contribution in [2.75, 3.05) is 0 Å². The van der Waals surface area contributed by atoms with Gasteiger partial charge in [-0.05, 0) is 55.5 Å². The minimum absolute atomic E-state index is 0.0228. The number of fused-ring (bicyclic) bond motifs is 1. The average molecular weight is 339 g/mol. The first-order valence-electron chi connectivity index (χ1n) is 8.43. The Balaban J connectivity index is 1.63. The van der Waals surface area contributed by atoms with Crippen LogP contribution in [0.4, 0.5) is 0 Å². The number of phenols is 1. The van der Waals surface area contributed by atoms with E-state index in [1.807, 2.05) is 18.2 Å². The summed E-state index contributed by atoms with van der Waals surface area (Å²) in [5.41, 5.74) is 2.60. The van der Waals surface area contributed by atoms with Gasteiger partial charge in [-0.15, -0.1) is 0 Å². The number of carbonyl (C=O) groups is 2. The second-order valence-corrected chi connectivity index (χ2v) is 6.25. The third kappa shape index (κ3) is 3.99. The summed E-state index contributed by atoms with van der Waals surface area (Å²) in [6.45, 7) is 1.55. The Morgan fingerprint density at radius 3 is 2.80 bits per heavy atom. The van der Waals surface area contributed by atoms with Gasteiger partial charge in [-0.2, -0.15) is 0 Å². The van der Waals surface area contributed by atoms with Crippen LogP contribution in [0.25, 0.3) is 0 Å². The van der Waals surface area contributed by atoms with Crippen LogP contribution in [0.2, 0.25) is 0 Å². The molecule has 1 aliphatic carbocycles. The summed E-state index contributed by atoms with van der Waals surface area (Å²) in [7, 11) is 0. The number of ether oxygens (including phenoxy) is 1. The lowest BCUT2D eigenvalue weighted by Gasteiger charge is -2.27. The third-order valence-corrected chi connectivity index (χ3v) is 4.42. The van der Waals surface area contributed by atoms with Crippen molar-refractivity contribution in [1.29, 1.82) is 0 Å². The molecule has 3 rings (SSSR count). The minimum atomic E-state index is -0.913. The number of aromatic hydroxyl groups is 1. The fraction of sp³-hybridized carbons (Fsp3) is 0.300. The number of amides is 1. The SMILES string of the molecule is C[C@@H](OC(=O)c1cccc(O)c1)C(=O)N[C@@H]1CCCc2ccccc21. The summed E-state index contributed by atoms with van der Waals surface area (Å²) in [4.78, 5) is 24.5. The highest BCUT2D eigenvalue weighted by atomic mass is 16.5. The molecule has 0 unspecified atom stereocenters. The van der Waals surface area contributed by atoms with Gasteiger partial charge in [-0.3, -0.25) is 4.79 Å². The van der Waals surface area contributed by atoms with Gasteiger partial charge in [0.1, 0.15) is 5.75 Å². The molecule has 5 heteroatoms. The van der Waals surface area contributed by atoms with Gasteiger partial charge in [0.05, 0.1) is 11.6 Å². The number of esters is 1. The van der Waals surface area contributed by atoms with E-state index in [4.69, 9.17) is 4.74 Å². The molecule has 0 bridgehead atoms. The predicted molar refractivity (Wildman–Crippen MR) is 93.2 cm³/mol. The molecule has 2 aromatic carbocycles. The van der Waals surface area contributed by atoms with Crippen molar-refractivity contribution in [3.63, 3.8) is 0 Å². The molecular formula is C20H21NO4. The quantitative estimate of drug-likeness (QED) is 0.839. The standard InChI is InChI=1S/C20H21NO4/c1-13(25-20(24)15-8-4-9-16(22)12-15)19(23)21-18-11-5-7-14-6-2-3-10-17(14)18/h2-4,6,8-10,12-13,18,22H,5,7,11H2,1H3,(H,21,23)/t13-,18-/m1/s1. The zero-order valence-electron chi connectivity index (χ0n) is 14.1. The number of aryl methyl sites for hydroxylation is 1. The Morgan fingerprint density at radius 1 is 1.20 bits per heavy atom. The van der Waals surface area contributed by atoms with Crippen molar-refractivity contribution < 1.29 is 19.4 Å². The first kappa shape index (κ1) is 17.0. The van der Waals surface area contributed by atoms with Gasteiger partial charge in [-0.1, -0.05) is 30.3 Å². The molecule has 5 nitrogen and oxygen atoms in total. The number of phenolic OH excluding ortho intramolecular Hbond substituents is 1. The summed E-state index contributed by atoms with van der Waals surface area (Å²) in [5, 5.41) is 12.4. The maximum Gasteiger partial charge on any atom is 0.339 e. The van der Waals surface area contributed by atoms with Crippen molar-refractivity contribution in [3.8, 4) is 5.75 Å². The molecule has 25 heavy (non-hydrogen) atoms. The van der Waals surface area contributed by atoms with Gasteiger partial charge in [0.25, 0.3) is 5.91 Å². The molecule has 0 aromatic heterocycles. The van der Waals surface area contributed by atoms with Gasteiger partial charge in [0, 0.05) is 0 Å². The molecule has 2 N–H and O–H groups in total. The smallest absolute Gasteiger partial charge is 0.339 e. The van der Waals surface area contributed by atoms with E-state index in [0.29, 0.717) is 0 Å². The molecule has 2 atom stereocenters. The van der Waals surface area contributed by atoms with Gasteiger partial charge in [-0.25, -0.2) is 4.79 Å². The molecule has 0 saturated carbocycles. The summed E-state index contributed by atoms with van der Waals surface area (Å²) in [6, 6.07) is 13.9. The first-order valence-corrected chi connectivity index (χ1v) is 8.43. The molecule has 0 saturated heterocycles. The Hall–Kier alpha value is -2.82. The number of hydrogen-bond donors (Lipinski definition) is 2. The Labute approximate surface area is 146 Å². The average Bonchev–Trinajstić information content (AvgIpc) is 2.62. The number of nitrogens with one attached hydrogen (secondary N) is 1. The second kappa shape index (κ2) is 7.38. The Kier molecular flexibility index (Phi) is 5.03. The van der Waals surface area contributed by atoms with Gasteiger partial charge in [0.2, 0.25) is 0 Å². The van der Waals surface area contributed by atoms with E-state index in [2.05, 4.69) is 11.4 Å². The Bertz CT molecular complexity index is 787. The highest BCUT2D eigenvalue weighted by Crippen LogP contribution is 2.29. The van der Waals surface area contributed by atoms with Crippen molar-refractivity contribution in [2.24, 2.45) is 0 Å². The van der Waals surface area contributed by atoms with Gasteiger partial charge in [0.15, 0.2) is 6.10 Å². The fourth-order valence-electron chi connectivity index (χ4n) is 3.11. The van der Waals surface area contributed by atoms with Crippen LogP contribution in [-0.2, 0) is 16.0 Å². The molecule has 130 valence electrons. The van der Waals surface area contributed by atoms with E-state index >= 15 is 0 Å². The molecule has 1 amide bonds. The topological polar surface area (TPSA) is 75.6 Å². The largest absolute Gasteiger partial charge is 0.508 e. The van der Waals surface area contributed by atoms with Crippen LogP contribution in [-0.4, -0.2) is 23.1 Å². The van der Waals surface area contributed by atoms with Crippen LogP contribution in [0.1, 0.15) is 47.3 Å². The molecule has 0 spiro atoms. The molecule has 2 aromatic rings. The number of rotatable bonds is 4. The van der Waals surface area contributed by atoms with E-state index in [1.54, 1.807) is 13.0 Å². The molecule has 0 aliphatic heterocycles. The van der Waals surface area contributed by atoms with E-state index in [9.17, 15) is 14.7 Å². The molecule has 0 fully saturated rings. The lowest BCUT2D eigenvalue weighted by atomic mass is 9.87. The van der Waals surface area contributed by atoms with Gasteiger partial charge >= 0.3 is 5.97 Å². The van der Waals surface area contributed by atoms with E-state index in [-0.39, 0.29) is 23.3 Å². The molecule has 0 heterocycles. The molecule has 1 aliphatic rings. The normalized spacial score (nSPS) is 17.2. The van der Waals surface area contributed by atoms with Gasteiger partial charge < -0.3 is 15.2 Å². The fourth-order valence-corrected chi connectivity index (χ4v) is 3.11. The van der Waals surface area contributed by atoms with Crippen LogP contribution < -0.4 is 5.32 Å². The van der Waals surface area contributed by atoms with Crippen molar-refractivity contribution >= 4 is 11.9 Å². The first-order chi connectivity index (χ1) is 12.0. The summed E-state index contributed by atoms with van der Waals surface area (Å²) in [5.74, 6) is -0.983. The zero-order chi connectivity index (χ0) is 17.8. The van der Waals surface area contributed by atoms with Crippen LogP contribution in [0.3, 0.4) is 0 Å². The van der Waals surface area contributed by atoms with Crippen LogP contribution >= 0.6 is 0 Å². The summed E-state index contributed by atoms with van der Waals surface area (Å²) >= 11 is 0.